The highest BCUT2D eigenvalue weighted by molar-refractivity contribution is 5.91. The molecule has 45 heavy (non-hydrogen) atoms. The van der Waals surface area contributed by atoms with Crippen LogP contribution in [0.1, 0.15) is 80.6 Å². The number of aliphatic hydroxyl groups excluding tert-OH is 2. The van der Waals surface area contributed by atoms with Crippen LogP contribution < -0.4 is 5.43 Å². The highest BCUT2D eigenvalue weighted by atomic mass is 16.7. The summed E-state index contributed by atoms with van der Waals surface area (Å²) in [6, 6.07) is -0.228. The Bertz CT molecular complexity index is 1080. The zero-order chi connectivity index (χ0) is 33.6. The number of carbonyl (C=O) groups excluding carboxylic acids is 3. The van der Waals surface area contributed by atoms with E-state index < -0.39 is 60.0 Å². The maximum atomic E-state index is 13.4. The number of ketones is 1. The number of nitrogens with zero attached hydrogens (tertiary/aromatic N) is 2. The average Bonchev–Trinajstić information content (AvgIpc) is 3.65. The first kappa shape index (κ1) is 37.2. The third-order valence-electron chi connectivity index (χ3n) is 9.61. The zero-order valence-electron chi connectivity index (χ0n) is 28.3. The summed E-state index contributed by atoms with van der Waals surface area (Å²) in [5.41, 5.74) is 1.75. The molecule has 2 saturated heterocycles. The van der Waals surface area contributed by atoms with Gasteiger partial charge in [0.15, 0.2) is 12.1 Å². The van der Waals surface area contributed by atoms with E-state index in [1.54, 1.807) is 25.3 Å². The SMILES string of the molecule is CC[C@H]1OC(=O)C[C@@H](O)[C@H](C)[C@@H](O[C@@H]2O[C@@H](C)C[C@H](N(C)C)[C@@H]2O)[C@@H](C/C=N\NC(C)=O)C[C@@H](C)C(=O)/C=C/[C@]2(C)O[C@H]2[C@@H]1C. The number of allylic oxidation sites excluding steroid dienone is 1. The minimum Gasteiger partial charge on any atom is -0.462 e. The monoisotopic (exact) mass is 637 g/mol. The molecule has 12 heteroatoms. The fourth-order valence-corrected chi connectivity index (χ4v) is 6.70. The van der Waals surface area contributed by atoms with E-state index in [1.807, 2.05) is 53.6 Å². The van der Waals surface area contributed by atoms with Crippen LogP contribution in [0.4, 0.5) is 0 Å². The second kappa shape index (κ2) is 16.1. The van der Waals surface area contributed by atoms with Gasteiger partial charge in [-0.05, 0) is 71.7 Å². The Labute approximate surface area is 267 Å². The molecule has 0 saturated carbocycles. The van der Waals surface area contributed by atoms with Crippen molar-refractivity contribution in [3.8, 4) is 0 Å². The first-order valence-electron chi connectivity index (χ1n) is 16.3. The van der Waals surface area contributed by atoms with E-state index in [4.69, 9.17) is 18.9 Å². The molecule has 0 spiro atoms. The number of nitrogens with one attached hydrogen (secondary N) is 1. The summed E-state index contributed by atoms with van der Waals surface area (Å²) in [4.78, 5) is 39.9. The second-order valence-corrected chi connectivity index (χ2v) is 13.7. The molecular weight excluding hydrogens is 582 g/mol. The van der Waals surface area contributed by atoms with Gasteiger partial charge in [-0.25, -0.2) is 5.43 Å². The Morgan fingerprint density at radius 2 is 1.87 bits per heavy atom. The highest BCUT2D eigenvalue weighted by Gasteiger charge is 2.55. The van der Waals surface area contributed by atoms with Gasteiger partial charge in [-0.15, -0.1) is 0 Å². The molecule has 256 valence electrons. The molecule has 0 aliphatic carbocycles. The van der Waals surface area contributed by atoms with E-state index in [9.17, 15) is 24.6 Å². The number of esters is 1. The molecule has 1 amide bonds. The number of aliphatic hydroxyl groups is 2. The Morgan fingerprint density at radius 3 is 2.49 bits per heavy atom. The lowest BCUT2D eigenvalue weighted by Gasteiger charge is -2.44. The van der Waals surface area contributed by atoms with Crippen molar-refractivity contribution in [1.82, 2.24) is 10.3 Å². The average molecular weight is 638 g/mol. The Balaban J connectivity index is 2.01. The first-order valence-corrected chi connectivity index (χ1v) is 16.3. The maximum Gasteiger partial charge on any atom is 0.308 e. The standard InChI is InChI=1S/C33H55N3O9/c1-10-27-21(5)31-33(7,45-31)13-11-25(38)18(2)15-23(12-14-34-35-22(6)37)30(20(4)26(39)17-28(40)43-27)44-32-29(41)24(36(8)9)16-19(3)42-32/h11,13-14,18-21,23-24,26-27,29-32,39,41H,10,12,15-17H2,1-9H3,(H,35,37)/b13-11+,34-14-/t18-,19+,20+,21-,23+,24+,26-,27-,29+,30-,31+,32+,33+/m1/s1. The van der Waals surface area contributed by atoms with Crippen molar-refractivity contribution < 1.29 is 43.5 Å². The summed E-state index contributed by atoms with van der Waals surface area (Å²) in [6.07, 6.45) is 1.63. The van der Waals surface area contributed by atoms with Gasteiger partial charge in [-0.2, -0.15) is 5.10 Å². The van der Waals surface area contributed by atoms with Gasteiger partial charge in [-0.3, -0.25) is 14.4 Å². The molecule has 3 heterocycles. The van der Waals surface area contributed by atoms with Crippen LogP contribution in [-0.2, 0) is 33.3 Å². The van der Waals surface area contributed by atoms with Crippen molar-refractivity contribution in [2.24, 2.45) is 28.8 Å². The van der Waals surface area contributed by atoms with Crippen molar-refractivity contribution in [1.29, 1.82) is 0 Å². The van der Waals surface area contributed by atoms with Gasteiger partial charge in [0.1, 0.15) is 17.8 Å². The van der Waals surface area contributed by atoms with E-state index in [-0.39, 0.29) is 48.7 Å². The highest BCUT2D eigenvalue weighted by Crippen LogP contribution is 2.45. The number of rotatable bonds is 7. The molecule has 12 nitrogen and oxygen atoms in total. The van der Waals surface area contributed by atoms with Gasteiger partial charge in [0.25, 0.3) is 0 Å². The number of hydrogen-bond acceptors (Lipinski definition) is 11. The fraction of sp³-hybridized carbons (Fsp3) is 0.818. The second-order valence-electron chi connectivity index (χ2n) is 13.7. The Morgan fingerprint density at radius 1 is 1.18 bits per heavy atom. The van der Waals surface area contributed by atoms with Crippen LogP contribution in [0, 0.1) is 23.7 Å². The van der Waals surface area contributed by atoms with E-state index in [1.165, 1.54) is 6.92 Å². The van der Waals surface area contributed by atoms with Crippen molar-refractivity contribution in [2.75, 3.05) is 14.1 Å². The summed E-state index contributed by atoms with van der Waals surface area (Å²) in [6.45, 7) is 12.7. The lowest BCUT2D eigenvalue weighted by Crippen LogP contribution is -2.56. The van der Waals surface area contributed by atoms with Gasteiger partial charge >= 0.3 is 5.97 Å². The van der Waals surface area contributed by atoms with Gasteiger partial charge in [-0.1, -0.05) is 27.7 Å². The predicted molar refractivity (Wildman–Crippen MR) is 168 cm³/mol. The van der Waals surface area contributed by atoms with Gasteiger partial charge < -0.3 is 34.1 Å². The van der Waals surface area contributed by atoms with Crippen LogP contribution in [0.15, 0.2) is 17.3 Å². The molecule has 0 aromatic rings. The Hall–Kier alpha value is -2.22. The zero-order valence-corrected chi connectivity index (χ0v) is 28.3. The fourth-order valence-electron chi connectivity index (χ4n) is 6.70. The number of fused-ring (bicyclic) bond motifs is 1. The summed E-state index contributed by atoms with van der Waals surface area (Å²) < 4.78 is 24.5. The first-order chi connectivity index (χ1) is 21.1. The Kier molecular flexibility index (Phi) is 13.3. The molecule has 2 fully saturated rings. The van der Waals surface area contributed by atoms with E-state index in [0.717, 1.165) is 0 Å². The largest absolute Gasteiger partial charge is 0.462 e. The van der Waals surface area contributed by atoms with Crippen molar-refractivity contribution in [2.45, 2.75) is 135 Å². The number of likely N-dealkylation sites (N-methyl/N-ethyl adjacent to an activating group) is 1. The van der Waals surface area contributed by atoms with Gasteiger partial charge in [0.05, 0.1) is 30.8 Å². The van der Waals surface area contributed by atoms with Crippen molar-refractivity contribution >= 4 is 23.9 Å². The molecule has 3 aliphatic heterocycles. The molecule has 3 aliphatic rings. The number of ether oxygens (including phenoxy) is 4. The smallest absolute Gasteiger partial charge is 0.308 e. The molecule has 13 atom stereocenters. The molecular formula is C33H55N3O9. The van der Waals surface area contributed by atoms with E-state index in [2.05, 4.69) is 10.5 Å². The number of hydrazone groups is 1. The lowest BCUT2D eigenvalue weighted by molar-refractivity contribution is -0.282. The number of amides is 1. The number of hydrogen-bond donors (Lipinski definition) is 3. The van der Waals surface area contributed by atoms with Gasteiger partial charge in [0.2, 0.25) is 5.91 Å². The van der Waals surface area contributed by atoms with Crippen molar-refractivity contribution in [3.05, 3.63) is 12.2 Å². The topological polar surface area (TPSA) is 160 Å². The number of cyclic esters (lactones) is 1. The molecule has 0 unspecified atom stereocenters. The van der Waals surface area contributed by atoms with Crippen LogP contribution in [0.25, 0.3) is 0 Å². The van der Waals surface area contributed by atoms with Crippen LogP contribution in [-0.4, -0.2) is 108 Å². The molecule has 0 radical (unpaired) electrons. The van der Waals surface area contributed by atoms with Crippen LogP contribution >= 0.6 is 0 Å². The maximum absolute atomic E-state index is 13.4. The minimum atomic E-state index is -1.16. The number of epoxide rings is 1. The predicted octanol–water partition coefficient (Wildman–Crippen LogP) is 2.59. The van der Waals surface area contributed by atoms with Crippen LogP contribution in [0.3, 0.4) is 0 Å². The summed E-state index contributed by atoms with van der Waals surface area (Å²) in [5, 5.41) is 26.7. The quantitative estimate of drug-likeness (QED) is 0.164. The summed E-state index contributed by atoms with van der Waals surface area (Å²) in [5.74, 6) is -2.57. The molecule has 3 N–H and O–H groups in total. The normalized spacial score (nSPS) is 42.7. The van der Waals surface area contributed by atoms with Crippen molar-refractivity contribution in [3.63, 3.8) is 0 Å². The van der Waals surface area contributed by atoms with E-state index >= 15 is 0 Å². The third kappa shape index (κ3) is 9.89. The van der Waals surface area contributed by atoms with Crippen LogP contribution in [0.2, 0.25) is 0 Å². The third-order valence-corrected chi connectivity index (χ3v) is 9.61. The molecule has 3 rings (SSSR count). The van der Waals surface area contributed by atoms with Crippen LogP contribution in [0.5, 0.6) is 0 Å². The van der Waals surface area contributed by atoms with E-state index in [0.29, 0.717) is 19.3 Å². The molecule has 0 aromatic carbocycles. The lowest BCUT2D eigenvalue weighted by atomic mass is 9.79. The minimum absolute atomic E-state index is 0.0883. The summed E-state index contributed by atoms with van der Waals surface area (Å²) >= 11 is 0. The number of carbonyl (C=O) groups is 3. The van der Waals surface area contributed by atoms with Gasteiger partial charge in [0, 0.05) is 36.9 Å². The molecule has 0 aromatic heterocycles. The molecule has 0 bridgehead atoms. The summed E-state index contributed by atoms with van der Waals surface area (Å²) in [7, 11) is 3.77.